The number of carboxylic acids is 1. The van der Waals surface area contributed by atoms with Gasteiger partial charge in [0.25, 0.3) is 0 Å². The summed E-state index contributed by atoms with van der Waals surface area (Å²) >= 11 is 0. The van der Waals surface area contributed by atoms with Crippen molar-refractivity contribution in [1.82, 2.24) is 0 Å². The molecule has 8 aliphatic rings. The van der Waals surface area contributed by atoms with E-state index in [-0.39, 0.29) is 46.6 Å². The van der Waals surface area contributed by atoms with Crippen molar-refractivity contribution in [3.05, 3.63) is 0 Å². The summed E-state index contributed by atoms with van der Waals surface area (Å²) in [5.74, 6) is -1.41. The van der Waals surface area contributed by atoms with Crippen molar-refractivity contribution in [2.45, 2.75) is 186 Å². The van der Waals surface area contributed by atoms with E-state index in [2.05, 4.69) is 48.5 Å². The zero-order chi connectivity index (χ0) is 40.1. The van der Waals surface area contributed by atoms with Crippen LogP contribution in [0.4, 0.5) is 0 Å². The van der Waals surface area contributed by atoms with Crippen LogP contribution in [-0.4, -0.2) is 127 Å². The predicted octanol–water partition coefficient (Wildman–Crippen LogP) is 2.26. The molecule has 8 fully saturated rings. The van der Waals surface area contributed by atoms with Gasteiger partial charge in [0.15, 0.2) is 18.7 Å². The Balaban J connectivity index is 1.05. The highest BCUT2D eigenvalue weighted by atomic mass is 16.7. The molecular weight excluding hydrogens is 716 g/mol. The van der Waals surface area contributed by atoms with Gasteiger partial charge in [-0.15, -0.1) is 0 Å². The lowest BCUT2D eigenvalue weighted by molar-refractivity contribution is -0.359. The van der Waals surface area contributed by atoms with Gasteiger partial charge in [0, 0.05) is 11.3 Å². The summed E-state index contributed by atoms with van der Waals surface area (Å²) in [7, 11) is 0. The molecule has 0 amide bonds. The van der Waals surface area contributed by atoms with E-state index in [1.54, 1.807) is 0 Å². The lowest BCUT2D eigenvalue weighted by Gasteiger charge is -2.74. The van der Waals surface area contributed by atoms with E-state index in [1.165, 1.54) is 0 Å². The Morgan fingerprint density at radius 1 is 0.745 bits per heavy atom. The Hall–Kier alpha value is -1.46. The molecule has 0 aromatic rings. The van der Waals surface area contributed by atoms with Gasteiger partial charge in [-0.3, -0.25) is 4.79 Å². The number of carbonyl (C=O) groups is 2. The first-order valence-corrected chi connectivity index (χ1v) is 20.6. The Labute approximate surface area is 323 Å². The molecule has 1 spiro atoms. The normalized spacial score (nSPS) is 56.6. The van der Waals surface area contributed by atoms with Crippen LogP contribution in [0.2, 0.25) is 0 Å². The molecule has 14 nitrogen and oxygen atoms in total. The van der Waals surface area contributed by atoms with Crippen molar-refractivity contribution in [1.29, 1.82) is 0 Å². The zero-order valence-corrected chi connectivity index (χ0v) is 33.3. The highest BCUT2D eigenvalue weighted by Gasteiger charge is 2.83. The average molecular weight is 781 g/mol. The van der Waals surface area contributed by atoms with Gasteiger partial charge < -0.3 is 59.4 Å². The number of rotatable bonds is 5. The molecule has 0 unspecified atom stereocenters. The van der Waals surface area contributed by atoms with Crippen LogP contribution < -0.4 is 0 Å². The second-order valence-electron chi connectivity index (χ2n) is 21.0. The molecule has 3 aliphatic heterocycles. The Morgan fingerprint density at radius 3 is 2.13 bits per heavy atom. The van der Waals surface area contributed by atoms with E-state index in [4.69, 9.17) is 23.7 Å². The van der Waals surface area contributed by atoms with E-state index >= 15 is 0 Å². The summed E-state index contributed by atoms with van der Waals surface area (Å²) in [4.78, 5) is 26.3. The molecule has 3 heterocycles. The van der Waals surface area contributed by atoms with Gasteiger partial charge in [0.1, 0.15) is 42.2 Å². The summed E-state index contributed by atoms with van der Waals surface area (Å²) in [6.07, 6.45) is -8.40. The molecule has 7 N–H and O–H groups in total. The van der Waals surface area contributed by atoms with E-state index in [1.807, 2.05) is 0 Å². The molecule has 3 saturated heterocycles. The first kappa shape index (κ1) is 40.3. The molecule has 312 valence electrons. The van der Waals surface area contributed by atoms with Gasteiger partial charge in [-0.2, -0.15) is 0 Å². The molecular formula is C41H64O14. The van der Waals surface area contributed by atoms with Crippen LogP contribution in [0.5, 0.6) is 0 Å². The molecule has 2 bridgehead atoms. The molecule has 14 heteroatoms. The monoisotopic (exact) mass is 780 g/mol. The number of hydrogen-bond acceptors (Lipinski definition) is 13. The van der Waals surface area contributed by atoms with Crippen LogP contribution in [-0.2, 0) is 33.3 Å². The zero-order valence-electron chi connectivity index (χ0n) is 33.3. The summed E-state index contributed by atoms with van der Waals surface area (Å²) in [6.45, 7) is 15.5. The molecule has 0 aromatic heterocycles. The molecule has 0 radical (unpaired) electrons. The lowest BCUT2D eigenvalue weighted by Crippen LogP contribution is -2.76. The quantitative estimate of drug-likeness (QED) is 0.157. The molecule has 8 rings (SSSR count). The third-order valence-corrected chi connectivity index (χ3v) is 17.8. The second kappa shape index (κ2) is 12.8. The van der Waals surface area contributed by atoms with Crippen molar-refractivity contribution in [3.63, 3.8) is 0 Å². The minimum absolute atomic E-state index is 0.0265. The number of fused-ring (bicyclic) bond motifs is 4. The van der Waals surface area contributed by atoms with E-state index < -0.39 is 95.3 Å². The van der Waals surface area contributed by atoms with Crippen molar-refractivity contribution < 1.29 is 69.0 Å². The molecule has 5 aliphatic carbocycles. The number of aliphatic carboxylic acids is 1. The van der Waals surface area contributed by atoms with Gasteiger partial charge in [0.05, 0.1) is 24.2 Å². The van der Waals surface area contributed by atoms with Gasteiger partial charge in [-0.25, -0.2) is 4.79 Å². The summed E-state index contributed by atoms with van der Waals surface area (Å²) in [6, 6.07) is 0. The first-order chi connectivity index (χ1) is 25.5. The predicted molar refractivity (Wildman–Crippen MR) is 192 cm³/mol. The third kappa shape index (κ3) is 5.27. The lowest BCUT2D eigenvalue weighted by atomic mass is 9.30. The number of esters is 1. The number of carboxylic acid groups (broad SMARTS) is 1. The van der Waals surface area contributed by atoms with Crippen LogP contribution >= 0.6 is 0 Å². The van der Waals surface area contributed by atoms with Crippen molar-refractivity contribution in [2.75, 3.05) is 6.61 Å². The van der Waals surface area contributed by atoms with Crippen molar-refractivity contribution in [2.24, 2.45) is 50.2 Å². The summed E-state index contributed by atoms with van der Waals surface area (Å²) in [5, 5.41) is 75.6. The first-order valence-electron chi connectivity index (χ1n) is 20.6. The number of hydrogen-bond donors (Lipinski definition) is 7. The number of ether oxygens (including phenoxy) is 5. The maximum atomic E-state index is 14.0. The fraction of sp³-hybridized carbons (Fsp3) is 0.951. The molecule has 5 saturated carbocycles. The highest BCUT2D eigenvalue weighted by molar-refractivity contribution is 5.82. The van der Waals surface area contributed by atoms with E-state index in [9.17, 15) is 45.3 Å². The molecule has 0 aromatic carbocycles. The highest BCUT2D eigenvalue weighted by Crippen LogP contribution is 2.80. The van der Waals surface area contributed by atoms with Gasteiger partial charge in [0.2, 0.25) is 0 Å². The number of aliphatic hydroxyl groups is 6. The molecule has 55 heavy (non-hydrogen) atoms. The average Bonchev–Trinajstić information content (AvgIpc) is 3.29. The summed E-state index contributed by atoms with van der Waals surface area (Å²) in [5.41, 5.74) is -2.81. The van der Waals surface area contributed by atoms with Crippen LogP contribution in [0.25, 0.3) is 0 Å². The van der Waals surface area contributed by atoms with Crippen LogP contribution in [0.1, 0.15) is 113 Å². The van der Waals surface area contributed by atoms with Gasteiger partial charge >= 0.3 is 11.9 Å². The van der Waals surface area contributed by atoms with Crippen molar-refractivity contribution >= 4 is 11.9 Å². The fourth-order valence-electron chi connectivity index (χ4n) is 14.6. The Kier molecular flexibility index (Phi) is 9.36. The van der Waals surface area contributed by atoms with Crippen molar-refractivity contribution in [3.8, 4) is 0 Å². The number of carbonyl (C=O) groups excluding carboxylic acids is 1. The molecule has 19 atom stereocenters. The van der Waals surface area contributed by atoms with Crippen LogP contribution in [0, 0.1) is 50.2 Å². The van der Waals surface area contributed by atoms with E-state index in [0.29, 0.717) is 12.8 Å². The van der Waals surface area contributed by atoms with Gasteiger partial charge in [-0.05, 0) is 97.7 Å². The van der Waals surface area contributed by atoms with Crippen LogP contribution in [0.3, 0.4) is 0 Å². The second-order valence-corrected chi connectivity index (χ2v) is 21.0. The van der Waals surface area contributed by atoms with Gasteiger partial charge in [-0.1, -0.05) is 48.5 Å². The Morgan fingerprint density at radius 2 is 1.44 bits per heavy atom. The standard InChI is InChI=1S/C41H64O14/c1-35(2)12-14-40-15-13-39(7)38(6)11-8-20-36(3,4)24(9-10-37(20,5)21(38)16-23(43)41(39,22(40)17-35)55-34(40)50)52-33-28(47)29(27(46)30(54-33)31(48)49)53-32-26(45)25(44)19(42)18-51-32/h19-30,32-33,42-47H,8-18H2,1-7H3,(H,48,49)/t19-,20+,21-,22-,23+,24+,25+,26-,27+,28-,29+,30+,32+,33-,37+,38-,39+,40+,41-/m1/s1. The maximum absolute atomic E-state index is 14.0. The fourth-order valence-corrected chi connectivity index (χ4v) is 14.6. The smallest absolute Gasteiger partial charge is 0.335 e. The van der Waals surface area contributed by atoms with Crippen LogP contribution in [0.15, 0.2) is 0 Å². The summed E-state index contributed by atoms with van der Waals surface area (Å²) < 4.78 is 30.0. The third-order valence-electron chi connectivity index (χ3n) is 17.8. The van der Waals surface area contributed by atoms with E-state index in [0.717, 1.165) is 51.4 Å². The largest absolute Gasteiger partial charge is 0.479 e. The number of aliphatic hydroxyl groups excluding tert-OH is 6. The Bertz CT molecular complexity index is 1550. The maximum Gasteiger partial charge on any atom is 0.335 e. The topological polar surface area (TPSA) is 222 Å². The minimum Gasteiger partial charge on any atom is -0.479 e. The SMILES string of the molecule is CC1(C)CC[C@@]23CC[C@]4(C)[C@@](OC2=O)([C@@H]3C1)[C@@H](O)C[C@@H]1[C@@]2(C)CC[C@H](O[C@@H]3O[C@H](C(=O)O)[C@@H](O)[C@H](O[C@@H]5OC[C@@H](O)[C@H](O)[C@H]5O)[C@H]3O)C(C)(C)[C@@H]2CC[C@]14C. The minimum atomic E-state index is -1.88.